The molecule has 52 valence electrons. The molecule has 0 fully saturated rings. The summed E-state index contributed by atoms with van der Waals surface area (Å²) < 4.78 is 0. The summed E-state index contributed by atoms with van der Waals surface area (Å²) in [7, 11) is 1.00. The quantitative estimate of drug-likeness (QED) is 0.248. The van der Waals surface area contributed by atoms with Crippen LogP contribution < -0.4 is 51.4 Å². The number of hydrogen-bond acceptors (Lipinski definition) is 3. The second kappa shape index (κ2) is 34.7. The summed E-state index contributed by atoms with van der Waals surface area (Å²) in [6.45, 7) is 7.71. The fraction of sp³-hybridized carbons (Fsp3) is 0.200. The summed E-state index contributed by atoms with van der Waals surface area (Å²) >= 11 is 0. The number of aliphatic hydroxyl groups excluding tert-OH is 1. The molecule has 0 rings (SSSR count). The van der Waals surface area contributed by atoms with Gasteiger partial charge in [-0.1, -0.05) is 6.58 Å². The molecule has 0 unspecified atom stereocenters. The van der Waals surface area contributed by atoms with E-state index in [4.69, 9.17) is 22.0 Å². The molecule has 0 saturated carbocycles. The Morgan fingerprint density at radius 2 is 1.70 bits per heavy atom. The molecule has 0 aliphatic rings. The van der Waals surface area contributed by atoms with Crippen LogP contribution >= 0.6 is 0 Å². The van der Waals surface area contributed by atoms with E-state index in [2.05, 4.69) is 6.58 Å². The zero-order valence-corrected chi connectivity index (χ0v) is 9.16. The average molecular weight is 169 g/mol. The first-order valence-electron chi connectivity index (χ1n) is 1.80. The van der Waals surface area contributed by atoms with Crippen molar-refractivity contribution in [1.29, 1.82) is 5.26 Å². The van der Waals surface area contributed by atoms with Gasteiger partial charge in [-0.3, -0.25) is 0 Å². The van der Waals surface area contributed by atoms with Crippen LogP contribution in [0.25, 0.3) is 0 Å². The molecule has 10 heavy (non-hydrogen) atoms. The number of carboxylic acid groups (broad SMARTS) is 1. The third-order valence-corrected chi connectivity index (χ3v) is 0.175. The first-order chi connectivity index (χ1) is 4.27. The van der Waals surface area contributed by atoms with E-state index >= 15 is 0 Å². The standard InChI is InChI=1S/C3H4O2.CN.CH4O.K/c1-2-3(4)5;2*1-2;/h2H,1H2,(H,4,5);;2H,1H3;/q;-1;;+1. The molecule has 0 bridgehead atoms. The topological polar surface area (TPSA) is 81.3 Å². The molecule has 0 aromatic rings. The maximum Gasteiger partial charge on any atom is 1.00 e. The molecule has 0 aliphatic carbocycles. The smallest absolute Gasteiger partial charge is 0.512 e. The van der Waals surface area contributed by atoms with Crippen LogP contribution in [0.4, 0.5) is 0 Å². The Balaban J connectivity index is -0.0000000315. The van der Waals surface area contributed by atoms with Crippen molar-refractivity contribution in [3.8, 4) is 0 Å². The largest absolute Gasteiger partial charge is 1.00 e. The zero-order valence-electron chi connectivity index (χ0n) is 6.03. The van der Waals surface area contributed by atoms with Gasteiger partial charge in [-0.2, -0.15) is 0 Å². The summed E-state index contributed by atoms with van der Waals surface area (Å²) in [6, 6.07) is 0. The SMILES string of the molecule is C=CC(=O)O.CO.[C-]#N.[K+]. The Morgan fingerprint density at radius 1 is 1.60 bits per heavy atom. The minimum Gasteiger partial charge on any atom is -0.512 e. The van der Waals surface area contributed by atoms with Crippen LogP contribution in [0, 0.1) is 11.8 Å². The minimum atomic E-state index is -0.981. The van der Waals surface area contributed by atoms with Gasteiger partial charge in [0.25, 0.3) is 0 Å². The van der Waals surface area contributed by atoms with E-state index in [9.17, 15) is 4.79 Å². The second-order valence-corrected chi connectivity index (χ2v) is 0.542. The molecule has 0 heterocycles. The van der Waals surface area contributed by atoms with E-state index in [0.29, 0.717) is 0 Å². The Hall–Kier alpha value is 0.296. The number of hydrogen-bond donors (Lipinski definition) is 2. The van der Waals surface area contributed by atoms with Gasteiger partial charge in [0.2, 0.25) is 0 Å². The second-order valence-electron chi connectivity index (χ2n) is 0.542. The molecule has 4 nitrogen and oxygen atoms in total. The van der Waals surface area contributed by atoms with Crippen molar-refractivity contribution in [2.75, 3.05) is 7.11 Å². The summed E-state index contributed by atoms with van der Waals surface area (Å²) in [6.07, 6.45) is 0.833. The van der Waals surface area contributed by atoms with Crippen LogP contribution in [0.2, 0.25) is 0 Å². The van der Waals surface area contributed by atoms with Crippen LogP contribution in [-0.4, -0.2) is 23.3 Å². The number of aliphatic hydroxyl groups is 1. The zero-order chi connectivity index (χ0) is 8.28. The monoisotopic (exact) mass is 169 g/mol. The van der Waals surface area contributed by atoms with Crippen molar-refractivity contribution in [2.45, 2.75) is 0 Å². The van der Waals surface area contributed by atoms with Crippen molar-refractivity contribution in [3.05, 3.63) is 19.2 Å². The Morgan fingerprint density at radius 3 is 1.70 bits per heavy atom. The summed E-state index contributed by atoms with van der Waals surface area (Å²) in [5.41, 5.74) is 0. The molecule has 0 radical (unpaired) electrons. The number of rotatable bonds is 1. The molecule has 0 aliphatic heterocycles. The van der Waals surface area contributed by atoms with Gasteiger partial charge >= 0.3 is 57.4 Å². The van der Waals surface area contributed by atoms with Gasteiger partial charge in [0.15, 0.2) is 0 Å². The van der Waals surface area contributed by atoms with Crippen molar-refractivity contribution in [3.63, 3.8) is 0 Å². The molecule has 0 aromatic carbocycles. The van der Waals surface area contributed by atoms with Gasteiger partial charge in [-0.15, -0.1) is 0 Å². The number of carbonyl (C=O) groups is 1. The number of carboxylic acids is 1. The maximum absolute atomic E-state index is 9.25. The van der Waals surface area contributed by atoms with Crippen LogP contribution in [0.5, 0.6) is 0 Å². The summed E-state index contributed by atoms with van der Waals surface area (Å²) in [5, 5.41) is 20.9. The Labute approximate surface area is 103 Å². The van der Waals surface area contributed by atoms with E-state index in [-0.39, 0.29) is 51.4 Å². The minimum absolute atomic E-state index is 0. The van der Waals surface area contributed by atoms with E-state index in [1.165, 1.54) is 0 Å². The molecule has 0 atom stereocenters. The van der Waals surface area contributed by atoms with E-state index < -0.39 is 5.97 Å². The molecule has 5 heteroatoms. The molecule has 2 N–H and O–H groups in total. The molecule has 0 spiro atoms. The van der Waals surface area contributed by atoms with Crippen molar-refractivity contribution >= 4 is 5.97 Å². The third kappa shape index (κ3) is 83.8. The average Bonchev–Trinajstić information content (AvgIpc) is 1.97. The molecule has 0 aromatic heterocycles. The Kier molecular flexibility index (Phi) is 77.8. The van der Waals surface area contributed by atoms with Crippen LogP contribution in [-0.2, 0) is 4.79 Å². The maximum atomic E-state index is 9.25. The predicted molar refractivity (Wildman–Crippen MR) is 30.9 cm³/mol. The molecule has 0 saturated heterocycles. The van der Waals surface area contributed by atoms with E-state index in [1.807, 2.05) is 0 Å². The van der Waals surface area contributed by atoms with Gasteiger partial charge in [-0.05, 0) is 0 Å². The van der Waals surface area contributed by atoms with Crippen molar-refractivity contribution in [2.24, 2.45) is 0 Å². The van der Waals surface area contributed by atoms with Crippen molar-refractivity contribution in [1.82, 2.24) is 0 Å². The fourth-order valence-electron chi connectivity index (χ4n) is 0. The van der Waals surface area contributed by atoms with Gasteiger partial charge in [0.1, 0.15) is 0 Å². The van der Waals surface area contributed by atoms with Gasteiger partial charge in [0, 0.05) is 13.2 Å². The van der Waals surface area contributed by atoms with Crippen molar-refractivity contribution < 1.29 is 66.4 Å². The molecular weight excluding hydrogens is 161 g/mol. The van der Waals surface area contributed by atoms with Gasteiger partial charge in [-0.25, -0.2) is 4.79 Å². The first-order valence-corrected chi connectivity index (χ1v) is 1.80. The Bertz CT molecular complexity index is 92.1. The molecular formula is C5H8KNO3. The van der Waals surface area contributed by atoms with Crippen LogP contribution in [0.3, 0.4) is 0 Å². The fourth-order valence-corrected chi connectivity index (χ4v) is 0. The van der Waals surface area contributed by atoms with Crippen LogP contribution in [0.1, 0.15) is 0 Å². The third-order valence-electron chi connectivity index (χ3n) is 0.175. The predicted octanol–water partition coefficient (Wildman–Crippen LogP) is -3.03. The number of aliphatic carboxylic acids is 1. The number of nitrogens with zero attached hydrogens (tertiary/aromatic N) is 1. The van der Waals surface area contributed by atoms with Crippen LogP contribution in [0.15, 0.2) is 12.7 Å². The summed E-state index contributed by atoms with van der Waals surface area (Å²) in [4.78, 5) is 9.25. The normalized spacial score (nSPS) is 4.00. The van der Waals surface area contributed by atoms with Gasteiger partial charge < -0.3 is 22.0 Å². The van der Waals surface area contributed by atoms with E-state index in [1.54, 1.807) is 0 Å². The first kappa shape index (κ1) is 22.4. The van der Waals surface area contributed by atoms with Gasteiger partial charge in [0.05, 0.1) is 0 Å². The van der Waals surface area contributed by atoms with E-state index in [0.717, 1.165) is 13.2 Å². The molecule has 0 amide bonds. The summed E-state index contributed by atoms with van der Waals surface area (Å²) in [5.74, 6) is -0.981.